The highest BCUT2D eigenvalue weighted by Gasteiger charge is 2.22. The molecule has 6 heteroatoms. The number of aromatic nitrogens is 1. The highest BCUT2D eigenvalue weighted by molar-refractivity contribution is 7.26. The number of fused-ring (bicyclic) bond motifs is 9. The van der Waals surface area contributed by atoms with E-state index in [1.54, 1.807) is 0 Å². The minimum absolute atomic E-state index is 0.248. The van der Waals surface area contributed by atoms with Gasteiger partial charge in [-0.2, -0.15) is 0 Å². The number of para-hydroxylation sites is 2. The van der Waals surface area contributed by atoms with Gasteiger partial charge >= 0.3 is 0 Å². The summed E-state index contributed by atoms with van der Waals surface area (Å²) in [5, 5.41) is 11.2. The summed E-state index contributed by atoms with van der Waals surface area (Å²) in [5.41, 5.74) is 9.27. The Bertz CT molecular complexity index is 3390. The summed E-state index contributed by atoms with van der Waals surface area (Å²) in [6.45, 7) is 0. The Morgan fingerprint density at radius 3 is 1.91 bits per heavy atom. The van der Waals surface area contributed by atoms with E-state index < -0.39 is 0 Å². The van der Waals surface area contributed by atoms with E-state index in [2.05, 4.69) is 180 Å². The van der Waals surface area contributed by atoms with Gasteiger partial charge in [-0.15, -0.1) is 22.7 Å². The van der Waals surface area contributed by atoms with E-state index in [0.717, 1.165) is 28.4 Å². The number of nitrogens with one attached hydrogen (secondary N) is 1. The smallest absolute Gasteiger partial charge is 0.159 e. The molecule has 0 saturated heterocycles. The molecule has 4 heterocycles. The van der Waals surface area contributed by atoms with Gasteiger partial charge in [0.25, 0.3) is 0 Å². The lowest BCUT2D eigenvalue weighted by atomic mass is 9.97. The molecule has 0 spiro atoms. The van der Waals surface area contributed by atoms with Crippen molar-refractivity contribution < 1.29 is 0 Å². The Balaban J connectivity index is 1.01. The number of nitrogens with zero attached hydrogens (tertiary/aromatic N) is 3. The number of thiophene rings is 2. The van der Waals surface area contributed by atoms with Gasteiger partial charge in [-0.05, 0) is 71.3 Å². The highest BCUT2D eigenvalue weighted by Crippen LogP contribution is 2.45. The van der Waals surface area contributed by atoms with Gasteiger partial charge in [-0.3, -0.25) is 0 Å². The second kappa shape index (κ2) is 12.8. The zero-order valence-corrected chi connectivity index (χ0v) is 32.2. The van der Waals surface area contributed by atoms with Crippen molar-refractivity contribution in [2.75, 3.05) is 0 Å². The first kappa shape index (κ1) is 32.4. The van der Waals surface area contributed by atoms with Crippen LogP contribution in [0.1, 0.15) is 22.9 Å². The molecule has 1 aliphatic heterocycles. The summed E-state index contributed by atoms with van der Waals surface area (Å²) in [6.07, 6.45) is -0.248. The summed E-state index contributed by atoms with van der Waals surface area (Å²) in [6, 6.07) is 65.5. The van der Waals surface area contributed by atoms with Crippen molar-refractivity contribution in [1.29, 1.82) is 0 Å². The number of amidine groups is 2. The van der Waals surface area contributed by atoms with Crippen molar-refractivity contribution in [3.8, 4) is 16.8 Å². The molecule has 12 rings (SSSR count). The number of aliphatic imine (C=N–C) groups is 2. The molecule has 1 unspecified atom stereocenters. The van der Waals surface area contributed by atoms with Crippen LogP contribution in [-0.4, -0.2) is 16.2 Å². The topological polar surface area (TPSA) is 41.7 Å². The standard InChI is InChI=1S/C51H32N4S2/c1-3-13-31(14-4-1)49-52-50(32-15-5-2-6-16-32)54-51(53-49)34-26-28-45-40(30-34)47-35(19-12-24-46(47)56-45)33-25-27-44-39(29-33)38-20-11-23-43(48(38)57-44)55-41-21-9-7-17-36(41)37-18-8-10-22-42(37)55/h1-30,49H,(H,52,53,54). The fraction of sp³-hybridized carbons (Fsp3) is 0.0196. The first-order valence-corrected chi connectivity index (χ1v) is 20.8. The number of hydrogen-bond donors (Lipinski definition) is 1. The number of hydrogen-bond acceptors (Lipinski definition) is 5. The van der Waals surface area contributed by atoms with Crippen LogP contribution in [0.5, 0.6) is 0 Å². The third-order valence-corrected chi connectivity index (χ3v) is 13.6. The normalized spacial score (nSPS) is 14.5. The minimum atomic E-state index is -0.248. The van der Waals surface area contributed by atoms with Gasteiger partial charge in [0.2, 0.25) is 0 Å². The first-order valence-electron chi connectivity index (χ1n) is 19.2. The van der Waals surface area contributed by atoms with E-state index in [1.807, 2.05) is 34.8 Å². The van der Waals surface area contributed by atoms with Crippen LogP contribution in [-0.2, 0) is 0 Å². The Kier molecular flexibility index (Phi) is 7.30. The van der Waals surface area contributed by atoms with E-state index in [0.29, 0.717) is 0 Å². The van der Waals surface area contributed by atoms with Gasteiger partial charge < -0.3 is 9.88 Å². The maximum absolute atomic E-state index is 5.19. The molecule has 3 aromatic heterocycles. The molecule has 57 heavy (non-hydrogen) atoms. The summed E-state index contributed by atoms with van der Waals surface area (Å²) in [4.78, 5) is 10.3. The van der Waals surface area contributed by atoms with Crippen molar-refractivity contribution in [1.82, 2.24) is 9.88 Å². The van der Waals surface area contributed by atoms with E-state index >= 15 is 0 Å². The van der Waals surface area contributed by atoms with Gasteiger partial charge in [0.15, 0.2) is 5.84 Å². The zero-order valence-electron chi connectivity index (χ0n) is 30.6. The second-order valence-corrected chi connectivity index (χ2v) is 16.7. The highest BCUT2D eigenvalue weighted by atomic mass is 32.1. The first-order chi connectivity index (χ1) is 28.2. The molecule has 1 atom stereocenters. The van der Waals surface area contributed by atoms with Gasteiger partial charge in [0.05, 0.1) is 21.4 Å². The summed E-state index contributed by atoms with van der Waals surface area (Å²) in [5.74, 6) is 1.55. The molecule has 0 saturated carbocycles. The Morgan fingerprint density at radius 2 is 1.12 bits per heavy atom. The molecule has 4 nitrogen and oxygen atoms in total. The molecule has 0 bridgehead atoms. The van der Waals surface area contributed by atoms with E-state index in [-0.39, 0.29) is 6.17 Å². The molecule has 268 valence electrons. The number of rotatable bonds is 5. The lowest BCUT2D eigenvalue weighted by Gasteiger charge is -2.23. The summed E-state index contributed by atoms with van der Waals surface area (Å²) in [7, 11) is 0. The van der Waals surface area contributed by atoms with E-state index in [1.165, 1.54) is 79.0 Å². The Hall–Kier alpha value is -6.86. The van der Waals surface area contributed by atoms with Gasteiger partial charge in [-0.1, -0.05) is 127 Å². The van der Waals surface area contributed by atoms with Crippen LogP contribution >= 0.6 is 22.7 Å². The van der Waals surface area contributed by atoms with Crippen LogP contribution in [0.2, 0.25) is 0 Å². The monoisotopic (exact) mass is 764 g/mol. The molecule has 11 aromatic rings. The van der Waals surface area contributed by atoms with Crippen molar-refractivity contribution in [3.05, 3.63) is 199 Å². The molecular weight excluding hydrogens is 733 g/mol. The van der Waals surface area contributed by atoms with E-state index in [4.69, 9.17) is 9.98 Å². The lowest BCUT2D eigenvalue weighted by molar-refractivity contribution is 0.674. The molecule has 0 radical (unpaired) electrons. The fourth-order valence-corrected chi connectivity index (χ4v) is 10.9. The fourth-order valence-electron chi connectivity index (χ4n) is 8.64. The second-order valence-electron chi connectivity index (χ2n) is 14.6. The third kappa shape index (κ3) is 5.18. The predicted octanol–water partition coefficient (Wildman–Crippen LogP) is 13.7. The average Bonchev–Trinajstić information content (AvgIpc) is 3.96. The molecule has 0 amide bonds. The molecule has 1 aliphatic rings. The minimum Gasteiger partial charge on any atom is -0.344 e. The van der Waals surface area contributed by atoms with Crippen molar-refractivity contribution in [2.45, 2.75) is 6.17 Å². The van der Waals surface area contributed by atoms with Crippen LogP contribution in [0.25, 0.3) is 79.0 Å². The van der Waals surface area contributed by atoms with Crippen LogP contribution in [0.3, 0.4) is 0 Å². The Morgan fingerprint density at radius 1 is 0.474 bits per heavy atom. The van der Waals surface area contributed by atoms with Crippen molar-refractivity contribution >= 4 is 96.5 Å². The maximum atomic E-state index is 5.19. The lowest BCUT2D eigenvalue weighted by Crippen LogP contribution is -2.33. The predicted molar refractivity (Wildman–Crippen MR) is 244 cm³/mol. The molecule has 0 aliphatic carbocycles. The summed E-state index contributed by atoms with van der Waals surface area (Å²) >= 11 is 3.72. The summed E-state index contributed by atoms with van der Waals surface area (Å²) < 4.78 is 7.55. The molecular formula is C51H32N4S2. The molecule has 1 N–H and O–H groups in total. The van der Waals surface area contributed by atoms with E-state index in [9.17, 15) is 0 Å². The third-order valence-electron chi connectivity index (χ3n) is 11.3. The van der Waals surface area contributed by atoms with Crippen molar-refractivity contribution in [3.63, 3.8) is 0 Å². The molecule has 8 aromatic carbocycles. The quantitative estimate of drug-likeness (QED) is 0.186. The SMILES string of the molecule is c1ccc(C2=NC(c3ccc4sc5cccc(-c6ccc7sc8c(-n9c%10ccccc%10c%10ccccc%109)cccc8c7c6)c5c4c3)=NC(c3ccccc3)N2)cc1. The average molecular weight is 765 g/mol. The zero-order chi connectivity index (χ0) is 37.5. The van der Waals surface area contributed by atoms with Crippen LogP contribution in [0.15, 0.2) is 192 Å². The number of benzene rings is 8. The van der Waals surface area contributed by atoms with Crippen LogP contribution < -0.4 is 5.32 Å². The van der Waals surface area contributed by atoms with Gasteiger partial charge in [0.1, 0.15) is 12.0 Å². The Labute approximate surface area is 336 Å². The van der Waals surface area contributed by atoms with Crippen LogP contribution in [0.4, 0.5) is 0 Å². The van der Waals surface area contributed by atoms with Gasteiger partial charge in [-0.25, -0.2) is 9.98 Å². The van der Waals surface area contributed by atoms with Crippen molar-refractivity contribution in [2.24, 2.45) is 9.98 Å². The van der Waals surface area contributed by atoms with Gasteiger partial charge in [0, 0.05) is 57.5 Å². The van der Waals surface area contributed by atoms with Crippen LogP contribution in [0, 0.1) is 0 Å². The maximum Gasteiger partial charge on any atom is 0.159 e. The largest absolute Gasteiger partial charge is 0.344 e. The molecule has 0 fully saturated rings.